The van der Waals surface area contributed by atoms with Gasteiger partial charge in [-0.25, -0.2) is 14.8 Å². The number of nitrogens with zero attached hydrogens (tertiary/aromatic N) is 3. The van der Waals surface area contributed by atoms with Crippen molar-refractivity contribution < 1.29 is 14.3 Å². The summed E-state index contributed by atoms with van der Waals surface area (Å²) in [5, 5.41) is 5.79. The van der Waals surface area contributed by atoms with Gasteiger partial charge < -0.3 is 15.4 Å². The normalized spacial score (nSPS) is 10.1. The van der Waals surface area contributed by atoms with Crippen molar-refractivity contribution in [1.29, 1.82) is 0 Å². The van der Waals surface area contributed by atoms with Gasteiger partial charge >= 0.3 is 5.97 Å². The van der Waals surface area contributed by atoms with E-state index in [0.29, 0.717) is 17.8 Å². The molecule has 3 rings (SSSR count). The molecule has 0 radical (unpaired) electrons. The Morgan fingerprint density at radius 1 is 1.00 bits per heavy atom. The summed E-state index contributed by atoms with van der Waals surface area (Å²) in [5.41, 5.74) is 2.30. The number of rotatable bonds is 6. The summed E-state index contributed by atoms with van der Waals surface area (Å²) in [6.07, 6.45) is 4.83. The zero-order valence-corrected chi connectivity index (χ0v) is 14.5. The molecule has 2 aromatic heterocycles. The molecule has 1 amide bonds. The van der Waals surface area contributed by atoms with Crippen LogP contribution in [0.5, 0.6) is 0 Å². The van der Waals surface area contributed by atoms with Gasteiger partial charge in [-0.05, 0) is 48.0 Å². The third-order valence-corrected chi connectivity index (χ3v) is 3.65. The summed E-state index contributed by atoms with van der Waals surface area (Å²) in [6, 6.07) is 11.8. The Morgan fingerprint density at radius 3 is 2.44 bits per heavy atom. The van der Waals surface area contributed by atoms with Gasteiger partial charge in [0.15, 0.2) is 0 Å². The average Bonchev–Trinajstić information content (AvgIpc) is 2.73. The molecule has 0 aliphatic rings. The van der Waals surface area contributed by atoms with Crippen molar-refractivity contribution in [2.45, 2.75) is 6.54 Å². The van der Waals surface area contributed by atoms with E-state index in [-0.39, 0.29) is 17.5 Å². The summed E-state index contributed by atoms with van der Waals surface area (Å²) in [7, 11) is 1.33. The highest BCUT2D eigenvalue weighted by Gasteiger charge is 2.09. The van der Waals surface area contributed by atoms with Crippen molar-refractivity contribution in [2.75, 3.05) is 12.4 Å². The van der Waals surface area contributed by atoms with Gasteiger partial charge in [0.25, 0.3) is 5.91 Å². The SMILES string of the molecule is COC(=O)c1ccc(Nc2nccc(C(=O)NCc3ccncc3)n2)cc1. The third-order valence-electron chi connectivity index (χ3n) is 3.65. The first-order chi connectivity index (χ1) is 13.2. The number of hydrogen-bond acceptors (Lipinski definition) is 7. The van der Waals surface area contributed by atoms with E-state index in [9.17, 15) is 9.59 Å². The molecule has 136 valence electrons. The quantitative estimate of drug-likeness (QED) is 0.647. The van der Waals surface area contributed by atoms with E-state index < -0.39 is 5.97 Å². The van der Waals surface area contributed by atoms with Crippen LogP contribution in [-0.4, -0.2) is 33.9 Å². The number of ether oxygens (including phenoxy) is 1. The minimum atomic E-state index is -0.411. The van der Waals surface area contributed by atoms with E-state index >= 15 is 0 Å². The number of amides is 1. The van der Waals surface area contributed by atoms with Crippen LogP contribution < -0.4 is 10.6 Å². The summed E-state index contributed by atoms with van der Waals surface area (Å²) >= 11 is 0. The molecule has 8 nitrogen and oxygen atoms in total. The molecule has 0 saturated heterocycles. The third kappa shape index (κ3) is 4.85. The fraction of sp³-hybridized carbons (Fsp3) is 0.105. The van der Waals surface area contributed by atoms with Gasteiger partial charge in [-0.2, -0.15) is 0 Å². The number of carbonyl (C=O) groups excluding carboxylic acids is 2. The zero-order chi connectivity index (χ0) is 19.1. The van der Waals surface area contributed by atoms with Crippen LogP contribution in [0.4, 0.5) is 11.6 Å². The lowest BCUT2D eigenvalue weighted by Gasteiger charge is -2.08. The average molecular weight is 363 g/mol. The second kappa shape index (κ2) is 8.52. The number of esters is 1. The molecule has 2 N–H and O–H groups in total. The van der Waals surface area contributed by atoms with Crippen LogP contribution in [0.15, 0.2) is 61.1 Å². The lowest BCUT2D eigenvalue weighted by molar-refractivity contribution is 0.0600. The van der Waals surface area contributed by atoms with Crippen molar-refractivity contribution in [2.24, 2.45) is 0 Å². The second-order valence-corrected chi connectivity index (χ2v) is 5.50. The van der Waals surface area contributed by atoms with Gasteiger partial charge in [-0.1, -0.05) is 0 Å². The Morgan fingerprint density at radius 2 is 1.74 bits per heavy atom. The molecule has 0 fully saturated rings. The Kier molecular flexibility index (Phi) is 5.68. The maximum atomic E-state index is 12.3. The van der Waals surface area contributed by atoms with Gasteiger partial charge in [0, 0.05) is 30.8 Å². The maximum Gasteiger partial charge on any atom is 0.337 e. The molecule has 27 heavy (non-hydrogen) atoms. The van der Waals surface area contributed by atoms with Gasteiger partial charge in [0.1, 0.15) is 5.69 Å². The van der Waals surface area contributed by atoms with Crippen LogP contribution >= 0.6 is 0 Å². The fourth-order valence-corrected chi connectivity index (χ4v) is 2.26. The van der Waals surface area contributed by atoms with Crippen molar-refractivity contribution in [3.05, 3.63) is 77.9 Å². The number of anilines is 2. The van der Waals surface area contributed by atoms with E-state index in [4.69, 9.17) is 0 Å². The fourth-order valence-electron chi connectivity index (χ4n) is 2.26. The Balaban J connectivity index is 1.64. The van der Waals surface area contributed by atoms with E-state index in [0.717, 1.165) is 5.56 Å². The van der Waals surface area contributed by atoms with Crippen molar-refractivity contribution in [3.63, 3.8) is 0 Å². The predicted molar refractivity (Wildman–Crippen MR) is 98.5 cm³/mol. The number of hydrogen-bond donors (Lipinski definition) is 2. The maximum absolute atomic E-state index is 12.3. The molecule has 1 aromatic carbocycles. The highest BCUT2D eigenvalue weighted by molar-refractivity contribution is 5.92. The summed E-state index contributed by atoms with van der Waals surface area (Å²) in [6.45, 7) is 0.378. The molecule has 0 saturated carbocycles. The van der Waals surface area contributed by atoms with Crippen LogP contribution in [0.3, 0.4) is 0 Å². The van der Waals surface area contributed by atoms with Crippen LogP contribution in [0.2, 0.25) is 0 Å². The van der Waals surface area contributed by atoms with Crippen LogP contribution in [0, 0.1) is 0 Å². The Bertz CT molecular complexity index is 930. The number of nitrogens with one attached hydrogen (secondary N) is 2. The van der Waals surface area contributed by atoms with Crippen molar-refractivity contribution >= 4 is 23.5 Å². The molecule has 0 bridgehead atoms. The van der Waals surface area contributed by atoms with Gasteiger partial charge in [-0.15, -0.1) is 0 Å². The van der Waals surface area contributed by atoms with Crippen LogP contribution in [0.1, 0.15) is 26.4 Å². The molecule has 0 unspecified atom stereocenters. The summed E-state index contributed by atoms with van der Waals surface area (Å²) in [5.74, 6) is -0.443. The van der Waals surface area contributed by atoms with Gasteiger partial charge in [-0.3, -0.25) is 9.78 Å². The highest BCUT2D eigenvalue weighted by atomic mass is 16.5. The van der Waals surface area contributed by atoms with E-state index in [2.05, 4.69) is 30.3 Å². The number of pyridine rings is 1. The van der Waals surface area contributed by atoms with Crippen molar-refractivity contribution in [3.8, 4) is 0 Å². The molecule has 0 aliphatic carbocycles. The Labute approximate surface area is 155 Å². The number of benzene rings is 1. The Hall–Kier alpha value is -3.81. The largest absolute Gasteiger partial charge is 0.465 e. The first kappa shape index (κ1) is 18.0. The first-order valence-corrected chi connectivity index (χ1v) is 8.11. The molecule has 3 aromatic rings. The van der Waals surface area contributed by atoms with Crippen LogP contribution in [-0.2, 0) is 11.3 Å². The smallest absolute Gasteiger partial charge is 0.337 e. The lowest BCUT2D eigenvalue weighted by Crippen LogP contribution is -2.24. The number of aromatic nitrogens is 3. The van der Waals surface area contributed by atoms with E-state index in [1.165, 1.54) is 19.4 Å². The topological polar surface area (TPSA) is 106 Å². The molecule has 2 heterocycles. The molecular weight excluding hydrogens is 346 g/mol. The van der Waals surface area contributed by atoms with Gasteiger partial charge in [0.05, 0.1) is 12.7 Å². The summed E-state index contributed by atoms with van der Waals surface area (Å²) in [4.78, 5) is 36.0. The van der Waals surface area contributed by atoms with E-state index in [1.54, 1.807) is 36.7 Å². The second-order valence-electron chi connectivity index (χ2n) is 5.50. The minimum Gasteiger partial charge on any atom is -0.465 e. The van der Waals surface area contributed by atoms with Crippen molar-refractivity contribution in [1.82, 2.24) is 20.3 Å². The van der Waals surface area contributed by atoms with E-state index in [1.807, 2.05) is 12.1 Å². The lowest BCUT2D eigenvalue weighted by atomic mass is 10.2. The molecular formula is C19H17N5O3. The van der Waals surface area contributed by atoms with Gasteiger partial charge in [0.2, 0.25) is 5.95 Å². The predicted octanol–water partition coefficient (Wildman–Crippen LogP) is 2.33. The number of methoxy groups -OCH3 is 1. The van der Waals surface area contributed by atoms with Crippen LogP contribution in [0.25, 0.3) is 0 Å². The standard InChI is InChI=1S/C19H17N5O3/c1-27-18(26)14-2-4-15(5-3-14)23-19-21-11-8-16(24-19)17(25)22-12-13-6-9-20-10-7-13/h2-11H,12H2,1H3,(H,22,25)(H,21,23,24). The summed E-state index contributed by atoms with van der Waals surface area (Å²) < 4.78 is 4.66. The minimum absolute atomic E-state index is 0.243. The molecule has 0 aliphatic heterocycles. The molecule has 0 atom stereocenters. The monoisotopic (exact) mass is 363 g/mol. The molecule has 0 spiro atoms. The highest BCUT2D eigenvalue weighted by Crippen LogP contribution is 2.14. The molecule has 8 heteroatoms. The number of carbonyl (C=O) groups is 2. The zero-order valence-electron chi connectivity index (χ0n) is 14.5. The first-order valence-electron chi connectivity index (χ1n) is 8.11.